The van der Waals surface area contributed by atoms with Crippen LogP contribution in [0.2, 0.25) is 5.15 Å². The summed E-state index contributed by atoms with van der Waals surface area (Å²) in [6.07, 6.45) is 1.47. The van der Waals surface area contributed by atoms with Crippen molar-refractivity contribution >= 4 is 23.2 Å². The maximum absolute atomic E-state index is 11.5. The number of nitrogens with one attached hydrogen (secondary N) is 1. The van der Waals surface area contributed by atoms with Crippen LogP contribution in [-0.2, 0) is 4.79 Å². The Hall–Kier alpha value is -2.06. The molecule has 82 valence electrons. The molecular weight excluding hydrogens is 230 g/mol. The van der Waals surface area contributed by atoms with Gasteiger partial charge in [0, 0.05) is 6.20 Å². The zero-order chi connectivity index (χ0) is 12.1. The Labute approximate surface area is 97.0 Å². The number of nitrogens with zero attached hydrogens (tertiary/aromatic N) is 2. The highest BCUT2D eigenvalue weighted by Crippen LogP contribution is 2.18. The predicted octanol–water partition coefficient (Wildman–Crippen LogP) is 2.03. The van der Waals surface area contributed by atoms with Gasteiger partial charge in [0.15, 0.2) is 10.7 Å². The first-order valence-electron chi connectivity index (χ1n) is 4.28. The van der Waals surface area contributed by atoms with Gasteiger partial charge >= 0.3 is 0 Å². The van der Waals surface area contributed by atoms with E-state index in [1.54, 1.807) is 12.1 Å². The van der Waals surface area contributed by atoms with E-state index in [1.807, 2.05) is 0 Å². The van der Waals surface area contributed by atoms with E-state index in [-0.39, 0.29) is 22.2 Å². The van der Waals surface area contributed by atoms with Crippen LogP contribution < -0.4 is 5.32 Å². The molecule has 2 N–H and O–H groups in total. The standard InChI is InChI=1S/C10H8ClN3O2/c1-6(15)7(5-12)10(16)14-8-3-2-4-13-9(8)11/h2-4,15H,1H3,(H,14,16). The molecule has 0 bridgehead atoms. The Kier molecular flexibility index (Phi) is 3.86. The minimum atomic E-state index is -0.725. The van der Waals surface area contributed by atoms with Gasteiger partial charge in [-0.1, -0.05) is 11.6 Å². The highest BCUT2D eigenvalue weighted by Gasteiger charge is 2.14. The van der Waals surface area contributed by atoms with Crippen LogP contribution in [-0.4, -0.2) is 16.0 Å². The molecule has 0 aliphatic heterocycles. The van der Waals surface area contributed by atoms with Crippen LogP contribution in [0.25, 0.3) is 0 Å². The van der Waals surface area contributed by atoms with E-state index >= 15 is 0 Å². The Bertz CT molecular complexity index is 487. The van der Waals surface area contributed by atoms with Crippen molar-refractivity contribution in [1.82, 2.24) is 4.98 Å². The van der Waals surface area contributed by atoms with Gasteiger partial charge in [0.2, 0.25) is 0 Å². The van der Waals surface area contributed by atoms with Crippen LogP contribution in [0.1, 0.15) is 6.92 Å². The summed E-state index contributed by atoms with van der Waals surface area (Å²) in [5.41, 5.74) is -0.0805. The van der Waals surface area contributed by atoms with Gasteiger partial charge in [0.25, 0.3) is 5.91 Å². The summed E-state index contributed by atoms with van der Waals surface area (Å²) in [4.78, 5) is 15.3. The topological polar surface area (TPSA) is 86.0 Å². The minimum Gasteiger partial charge on any atom is -0.511 e. The molecule has 6 heteroatoms. The van der Waals surface area contributed by atoms with Crippen LogP contribution >= 0.6 is 11.6 Å². The SMILES string of the molecule is CC(O)=C(C#N)C(=O)Nc1cccnc1Cl. The number of rotatable bonds is 2. The van der Waals surface area contributed by atoms with E-state index in [9.17, 15) is 4.79 Å². The van der Waals surface area contributed by atoms with Crippen molar-refractivity contribution in [3.63, 3.8) is 0 Å². The summed E-state index contributed by atoms with van der Waals surface area (Å²) in [7, 11) is 0. The maximum Gasteiger partial charge on any atom is 0.269 e. The smallest absolute Gasteiger partial charge is 0.269 e. The lowest BCUT2D eigenvalue weighted by molar-refractivity contribution is -0.112. The largest absolute Gasteiger partial charge is 0.511 e. The Balaban J connectivity index is 2.93. The maximum atomic E-state index is 11.5. The second-order valence-corrected chi connectivity index (χ2v) is 3.23. The van der Waals surface area contributed by atoms with Crippen molar-refractivity contribution < 1.29 is 9.90 Å². The number of aliphatic hydroxyl groups is 1. The van der Waals surface area contributed by atoms with E-state index in [4.69, 9.17) is 22.0 Å². The second-order valence-electron chi connectivity index (χ2n) is 2.87. The third-order valence-corrected chi connectivity index (χ3v) is 2.01. The fraction of sp³-hybridized carbons (Fsp3) is 0.100. The average Bonchev–Trinajstić information content (AvgIpc) is 2.22. The molecule has 1 aromatic rings. The predicted molar refractivity (Wildman–Crippen MR) is 58.8 cm³/mol. The van der Waals surface area contributed by atoms with E-state index in [0.29, 0.717) is 0 Å². The van der Waals surface area contributed by atoms with Crippen molar-refractivity contribution in [1.29, 1.82) is 5.26 Å². The number of anilines is 1. The van der Waals surface area contributed by atoms with Crippen LogP contribution in [0.4, 0.5) is 5.69 Å². The average molecular weight is 238 g/mol. The number of amides is 1. The van der Waals surface area contributed by atoms with Crippen LogP contribution in [0, 0.1) is 11.3 Å². The van der Waals surface area contributed by atoms with Crippen molar-refractivity contribution in [2.45, 2.75) is 6.92 Å². The molecule has 0 radical (unpaired) electrons. The van der Waals surface area contributed by atoms with Gasteiger partial charge in [0.1, 0.15) is 11.8 Å². The summed E-state index contributed by atoms with van der Waals surface area (Å²) in [5.74, 6) is -1.07. The van der Waals surface area contributed by atoms with Crippen LogP contribution in [0.5, 0.6) is 0 Å². The van der Waals surface area contributed by atoms with Crippen molar-refractivity contribution in [3.8, 4) is 6.07 Å². The summed E-state index contributed by atoms with van der Waals surface area (Å²) < 4.78 is 0. The van der Waals surface area contributed by atoms with E-state index < -0.39 is 5.91 Å². The molecule has 0 aliphatic carbocycles. The van der Waals surface area contributed by atoms with Crippen LogP contribution in [0.15, 0.2) is 29.7 Å². The highest BCUT2D eigenvalue weighted by atomic mass is 35.5. The number of carbonyl (C=O) groups is 1. The highest BCUT2D eigenvalue weighted by molar-refractivity contribution is 6.32. The lowest BCUT2D eigenvalue weighted by Gasteiger charge is -2.05. The number of allylic oxidation sites excluding steroid dienone is 1. The molecule has 0 spiro atoms. The molecule has 0 saturated heterocycles. The van der Waals surface area contributed by atoms with Gasteiger partial charge < -0.3 is 10.4 Å². The second kappa shape index (κ2) is 5.14. The van der Waals surface area contributed by atoms with Crippen molar-refractivity contribution in [2.75, 3.05) is 5.32 Å². The molecular formula is C10H8ClN3O2. The number of aromatic nitrogens is 1. The molecule has 1 aromatic heterocycles. The quantitative estimate of drug-likeness (QED) is 0.357. The first kappa shape index (κ1) is 12.0. The molecule has 1 rings (SSSR count). The number of aliphatic hydroxyl groups excluding tert-OH is 1. The first-order chi connectivity index (χ1) is 7.56. The molecule has 0 unspecified atom stereocenters. The Morgan fingerprint density at radius 3 is 2.88 bits per heavy atom. The molecule has 5 nitrogen and oxygen atoms in total. The van der Waals surface area contributed by atoms with Gasteiger partial charge in [-0.2, -0.15) is 5.26 Å². The number of pyridine rings is 1. The summed E-state index contributed by atoms with van der Waals surface area (Å²) in [5, 5.41) is 20.2. The van der Waals surface area contributed by atoms with E-state index in [2.05, 4.69) is 10.3 Å². The Morgan fingerprint density at radius 2 is 2.38 bits per heavy atom. The summed E-state index contributed by atoms with van der Waals surface area (Å²) in [6.45, 7) is 1.25. The van der Waals surface area contributed by atoms with Gasteiger partial charge in [-0.25, -0.2) is 4.98 Å². The van der Waals surface area contributed by atoms with Gasteiger partial charge in [-0.15, -0.1) is 0 Å². The van der Waals surface area contributed by atoms with Gasteiger partial charge in [-0.05, 0) is 19.1 Å². The van der Waals surface area contributed by atoms with E-state index in [0.717, 1.165) is 0 Å². The molecule has 16 heavy (non-hydrogen) atoms. The molecule has 0 atom stereocenters. The third-order valence-electron chi connectivity index (χ3n) is 1.71. The summed E-state index contributed by atoms with van der Waals surface area (Å²) in [6, 6.07) is 4.72. The Morgan fingerprint density at radius 1 is 1.69 bits per heavy atom. The molecule has 1 amide bonds. The molecule has 0 aromatic carbocycles. The number of hydrogen-bond donors (Lipinski definition) is 2. The normalized spacial score (nSPS) is 11.3. The molecule has 0 saturated carbocycles. The number of hydrogen-bond acceptors (Lipinski definition) is 4. The fourth-order valence-electron chi connectivity index (χ4n) is 0.960. The lowest BCUT2D eigenvalue weighted by Crippen LogP contribution is -2.15. The van der Waals surface area contributed by atoms with Crippen LogP contribution in [0.3, 0.4) is 0 Å². The third kappa shape index (κ3) is 2.72. The number of carbonyl (C=O) groups excluding carboxylic acids is 1. The number of nitriles is 1. The van der Waals surface area contributed by atoms with Gasteiger partial charge in [-0.3, -0.25) is 4.79 Å². The molecule has 0 aliphatic rings. The monoisotopic (exact) mass is 237 g/mol. The molecule has 1 heterocycles. The zero-order valence-corrected chi connectivity index (χ0v) is 9.12. The van der Waals surface area contributed by atoms with Crippen molar-refractivity contribution in [2.24, 2.45) is 0 Å². The zero-order valence-electron chi connectivity index (χ0n) is 8.36. The van der Waals surface area contributed by atoms with Crippen molar-refractivity contribution in [3.05, 3.63) is 34.8 Å². The first-order valence-corrected chi connectivity index (χ1v) is 4.66. The molecule has 0 fully saturated rings. The number of halogens is 1. The lowest BCUT2D eigenvalue weighted by atomic mass is 10.2. The fourth-order valence-corrected chi connectivity index (χ4v) is 1.13. The summed E-state index contributed by atoms with van der Waals surface area (Å²) >= 11 is 5.71. The van der Waals surface area contributed by atoms with Gasteiger partial charge in [0.05, 0.1) is 5.69 Å². The minimum absolute atomic E-state index is 0.115. The van der Waals surface area contributed by atoms with E-state index in [1.165, 1.54) is 19.2 Å².